The van der Waals surface area contributed by atoms with E-state index in [0.29, 0.717) is 24.5 Å². The SMILES string of the molecule is CC[C@@H](C)NC(=O)[C@H](CC)N(Cc1cccc(OC)c1)C(=O)COc1cccc(C)c1. The number of rotatable bonds is 11. The maximum atomic E-state index is 13.2. The molecule has 6 heteroatoms. The summed E-state index contributed by atoms with van der Waals surface area (Å²) in [5.41, 5.74) is 1.94. The van der Waals surface area contributed by atoms with E-state index in [4.69, 9.17) is 9.47 Å². The number of ether oxygens (including phenoxy) is 2. The first-order chi connectivity index (χ1) is 14.9. The molecule has 0 unspecified atom stereocenters. The third kappa shape index (κ3) is 7.31. The van der Waals surface area contributed by atoms with Crippen LogP contribution in [0.15, 0.2) is 48.5 Å². The van der Waals surface area contributed by atoms with Crippen molar-refractivity contribution in [1.82, 2.24) is 10.2 Å². The fourth-order valence-corrected chi connectivity index (χ4v) is 3.26. The van der Waals surface area contributed by atoms with Crippen molar-refractivity contribution in [3.8, 4) is 11.5 Å². The summed E-state index contributed by atoms with van der Waals surface area (Å²) in [6.07, 6.45) is 1.32. The van der Waals surface area contributed by atoms with Gasteiger partial charge < -0.3 is 19.7 Å². The highest BCUT2D eigenvalue weighted by Gasteiger charge is 2.29. The number of hydrogen-bond acceptors (Lipinski definition) is 4. The van der Waals surface area contributed by atoms with Gasteiger partial charge in [0, 0.05) is 12.6 Å². The number of carbonyl (C=O) groups is 2. The van der Waals surface area contributed by atoms with E-state index >= 15 is 0 Å². The van der Waals surface area contributed by atoms with Gasteiger partial charge >= 0.3 is 0 Å². The molecule has 1 N–H and O–H groups in total. The number of benzene rings is 2. The van der Waals surface area contributed by atoms with E-state index in [9.17, 15) is 9.59 Å². The first kappa shape index (κ1) is 24.3. The first-order valence-corrected chi connectivity index (χ1v) is 10.8. The molecule has 2 rings (SSSR count). The minimum absolute atomic E-state index is 0.0406. The van der Waals surface area contributed by atoms with E-state index in [2.05, 4.69) is 5.32 Å². The minimum atomic E-state index is -0.589. The van der Waals surface area contributed by atoms with Crippen LogP contribution in [0.25, 0.3) is 0 Å². The lowest BCUT2D eigenvalue weighted by molar-refractivity contribution is -0.143. The molecular weight excluding hydrogens is 392 g/mol. The third-order valence-electron chi connectivity index (χ3n) is 5.23. The summed E-state index contributed by atoms with van der Waals surface area (Å²) in [6, 6.07) is 14.5. The quantitative estimate of drug-likeness (QED) is 0.587. The molecule has 6 nitrogen and oxygen atoms in total. The molecule has 0 spiro atoms. The highest BCUT2D eigenvalue weighted by atomic mass is 16.5. The van der Waals surface area contributed by atoms with E-state index in [-0.39, 0.29) is 24.5 Å². The number of amides is 2. The summed E-state index contributed by atoms with van der Waals surface area (Å²) < 4.78 is 11.0. The van der Waals surface area contributed by atoms with Crippen LogP contribution < -0.4 is 14.8 Å². The number of hydrogen-bond donors (Lipinski definition) is 1. The molecule has 2 atom stereocenters. The van der Waals surface area contributed by atoms with Gasteiger partial charge in [-0.1, -0.05) is 38.1 Å². The summed E-state index contributed by atoms with van der Waals surface area (Å²) >= 11 is 0. The van der Waals surface area contributed by atoms with E-state index < -0.39 is 6.04 Å². The summed E-state index contributed by atoms with van der Waals surface area (Å²) in [5, 5.41) is 3.01. The monoisotopic (exact) mass is 426 g/mol. The molecule has 0 saturated carbocycles. The average Bonchev–Trinajstić information content (AvgIpc) is 2.77. The Morgan fingerprint density at radius 2 is 1.74 bits per heavy atom. The molecule has 0 bridgehead atoms. The molecule has 0 aliphatic rings. The van der Waals surface area contributed by atoms with Crippen molar-refractivity contribution in [2.24, 2.45) is 0 Å². The minimum Gasteiger partial charge on any atom is -0.497 e. The van der Waals surface area contributed by atoms with Gasteiger partial charge in [0.25, 0.3) is 5.91 Å². The maximum Gasteiger partial charge on any atom is 0.261 e. The molecule has 0 aliphatic heterocycles. The lowest BCUT2D eigenvalue weighted by Crippen LogP contribution is -2.51. The highest BCUT2D eigenvalue weighted by molar-refractivity contribution is 5.88. The van der Waals surface area contributed by atoms with Crippen molar-refractivity contribution < 1.29 is 19.1 Å². The van der Waals surface area contributed by atoms with E-state index in [1.165, 1.54) is 0 Å². The zero-order chi connectivity index (χ0) is 22.8. The van der Waals surface area contributed by atoms with Gasteiger partial charge in [-0.15, -0.1) is 0 Å². The molecule has 0 aliphatic carbocycles. The van der Waals surface area contributed by atoms with E-state index in [0.717, 1.165) is 17.5 Å². The highest BCUT2D eigenvalue weighted by Crippen LogP contribution is 2.18. The second kappa shape index (κ2) is 12.0. The van der Waals surface area contributed by atoms with Gasteiger partial charge in [0.05, 0.1) is 7.11 Å². The molecule has 2 aromatic rings. The van der Waals surface area contributed by atoms with Crippen molar-refractivity contribution in [2.45, 2.75) is 59.2 Å². The zero-order valence-corrected chi connectivity index (χ0v) is 19.2. The van der Waals surface area contributed by atoms with Gasteiger partial charge in [-0.3, -0.25) is 9.59 Å². The molecule has 0 fully saturated rings. The van der Waals surface area contributed by atoms with E-state index in [1.54, 1.807) is 12.0 Å². The summed E-state index contributed by atoms with van der Waals surface area (Å²) in [6.45, 7) is 8.00. The summed E-state index contributed by atoms with van der Waals surface area (Å²) in [5.74, 6) is 0.948. The van der Waals surface area contributed by atoms with Gasteiger partial charge in [0.1, 0.15) is 17.5 Å². The molecule has 0 radical (unpaired) electrons. The van der Waals surface area contributed by atoms with Crippen LogP contribution in [0.4, 0.5) is 0 Å². The van der Waals surface area contributed by atoms with Gasteiger partial charge in [-0.2, -0.15) is 0 Å². The van der Waals surface area contributed by atoms with Gasteiger partial charge in [0.15, 0.2) is 6.61 Å². The molecule has 2 aromatic carbocycles. The molecule has 0 saturated heterocycles. The fraction of sp³-hybridized carbons (Fsp3) is 0.440. The first-order valence-electron chi connectivity index (χ1n) is 10.8. The summed E-state index contributed by atoms with van der Waals surface area (Å²) in [7, 11) is 1.60. The number of nitrogens with zero attached hydrogens (tertiary/aromatic N) is 1. The third-order valence-corrected chi connectivity index (χ3v) is 5.23. The number of aryl methyl sites for hydroxylation is 1. The fourth-order valence-electron chi connectivity index (χ4n) is 3.26. The Morgan fingerprint density at radius 3 is 2.39 bits per heavy atom. The second-order valence-corrected chi connectivity index (χ2v) is 7.72. The lowest BCUT2D eigenvalue weighted by Gasteiger charge is -2.31. The van der Waals surface area contributed by atoms with Crippen molar-refractivity contribution >= 4 is 11.8 Å². The average molecular weight is 427 g/mol. The van der Waals surface area contributed by atoms with Gasteiger partial charge in [-0.05, 0) is 62.1 Å². The van der Waals surface area contributed by atoms with Crippen molar-refractivity contribution in [1.29, 1.82) is 0 Å². The molecule has 2 amide bonds. The van der Waals surface area contributed by atoms with Crippen LogP contribution in [-0.2, 0) is 16.1 Å². The summed E-state index contributed by atoms with van der Waals surface area (Å²) in [4.78, 5) is 27.8. The smallest absolute Gasteiger partial charge is 0.261 e. The maximum absolute atomic E-state index is 13.2. The Morgan fingerprint density at radius 1 is 1.03 bits per heavy atom. The second-order valence-electron chi connectivity index (χ2n) is 7.72. The Labute approximate surface area is 185 Å². The van der Waals surface area contributed by atoms with Crippen molar-refractivity contribution in [3.05, 3.63) is 59.7 Å². The number of methoxy groups -OCH3 is 1. The van der Waals surface area contributed by atoms with Crippen molar-refractivity contribution in [2.75, 3.05) is 13.7 Å². The topological polar surface area (TPSA) is 67.9 Å². The molecule has 31 heavy (non-hydrogen) atoms. The van der Waals surface area contributed by atoms with Crippen LogP contribution in [0, 0.1) is 6.92 Å². The number of nitrogens with one attached hydrogen (secondary N) is 1. The molecule has 168 valence electrons. The number of carbonyl (C=O) groups excluding carboxylic acids is 2. The standard InChI is InChI=1S/C25H34N2O4/c1-6-19(4)26-25(29)23(7-2)27(16-20-11-9-12-21(15-20)30-5)24(28)17-31-22-13-8-10-18(3)14-22/h8-15,19,23H,6-7,16-17H2,1-5H3,(H,26,29)/t19-,23+/m1/s1. The van der Waals surface area contributed by atoms with Crippen LogP contribution in [0.1, 0.15) is 44.7 Å². The Kier molecular flexibility index (Phi) is 9.38. The largest absolute Gasteiger partial charge is 0.497 e. The molecular formula is C25H34N2O4. The lowest BCUT2D eigenvalue weighted by atomic mass is 10.1. The molecule has 0 heterocycles. The predicted molar refractivity (Wildman–Crippen MR) is 122 cm³/mol. The normalized spacial score (nSPS) is 12.5. The Hall–Kier alpha value is -3.02. The van der Waals surface area contributed by atoms with Gasteiger partial charge in [0.2, 0.25) is 5.91 Å². The van der Waals surface area contributed by atoms with Crippen LogP contribution in [0.2, 0.25) is 0 Å². The van der Waals surface area contributed by atoms with E-state index in [1.807, 2.05) is 76.2 Å². The van der Waals surface area contributed by atoms with Crippen LogP contribution >= 0.6 is 0 Å². The Bertz CT molecular complexity index is 868. The van der Waals surface area contributed by atoms with Crippen LogP contribution in [0.5, 0.6) is 11.5 Å². The van der Waals surface area contributed by atoms with Crippen molar-refractivity contribution in [3.63, 3.8) is 0 Å². The predicted octanol–water partition coefficient (Wildman–Crippen LogP) is 4.10. The van der Waals surface area contributed by atoms with Gasteiger partial charge in [-0.25, -0.2) is 0 Å². The Balaban J connectivity index is 2.23. The zero-order valence-electron chi connectivity index (χ0n) is 19.2. The van der Waals surface area contributed by atoms with Crippen LogP contribution in [0.3, 0.4) is 0 Å². The molecule has 0 aromatic heterocycles. The van der Waals surface area contributed by atoms with Crippen LogP contribution in [-0.4, -0.2) is 42.5 Å².